The van der Waals surface area contributed by atoms with E-state index in [2.05, 4.69) is 26.1 Å². The van der Waals surface area contributed by atoms with Crippen LogP contribution in [0.2, 0.25) is 0 Å². The van der Waals surface area contributed by atoms with Gasteiger partial charge in [-0.3, -0.25) is 4.79 Å². The molecule has 0 spiro atoms. The van der Waals surface area contributed by atoms with Crippen molar-refractivity contribution in [3.8, 4) is 0 Å². The van der Waals surface area contributed by atoms with Crippen molar-refractivity contribution >= 4 is 15.9 Å². The number of aryl methyl sites for hydroxylation is 1. The van der Waals surface area contributed by atoms with E-state index in [-0.39, 0.29) is 22.8 Å². The van der Waals surface area contributed by atoms with Gasteiger partial charge in [-0.25, -0.2) is 8.42 Å². The lowest BCUT2D eigenvalue weighted by atomic mass is 9.81. The summed E-state index contributed by atoms with van der Waals surface area (Å²) >= 11 is 0. The van der Waals surface area contributed by atoms with Crippen LogP contribution in [0.4, 0.5) is 0 Å². The Morgan fingerprint density at radius 3 is 2.07 bits per heavy atom. The molecule has 6 heteroatoms. The van der Waals surface area contributed by atoms with Crippen molar-refractivity contribution in [1.82, 2.24) is 9.62 Å². The molecule has 0 unspecified atom stereocenters. The standard InChI is InChI=1S/C21H34N2O3S/c1-16-7-9-18(10-8-16)27(25,26)23-13-11-17(12-14-23)19(24)22-21(5,6)15-20(2,3)4/h7-10,17H,11-15H2,1-6H3,(H,22,24). The van der Waals surface area contributed by atoms with Crippen LogP contribution in [0.3, 0.4) is 0 Å². The van der Waals surface area contributed by atoms with Crippen LogP contribution in [0.1, 0.15) is 59.4 Å². The van der Waals surface area contributed by atoms with Crippen LogP contribution in [0, 0.1) is 18.3 Å². The summed E-state index contributed by atoms with van der Waals surface area (Å²) in [7, 11) is -3.49. The summed E-state index contributed by atoms with van der Waals surface area (Å²) in [6.45, 7) is 13.3. The van der Waals surface area contributed by atoms with E-state index in [4.69, 9.17) is 0 Å². The normalized spacial score (nSPS) is 17.7. The van der Waals surface area contributed by atoms with Crippen LogP contribution in [0.25, 0.3) is 0 Å². The lowest BCUT2D eigenvalue weighted by Crippen LogP contribution is -2.50. The number of amides is 1. The molecule has 1 aromatic carbocycles. The third kappa shape index (κ3) is 6.04. The lowest BCUT2D eigenvalue weighted by Gasteiger charge is -2.36. The fourth-order valence-electron chi connectivity index (χ4n) is 4.02. The molecule has 0 saturated carbocycles. The van der Waals surface area contributed by atoms with Gasteiger partial charge < -0.3 is 5.32 Å². The highest BCUT2D eigenvalue weighted by molar-refractivity contribution is 7.89. The number of carbonyl (C=O) groups excluding carboxylic acids is 1. The number of benzene rings is 1. The molecule has 1 amide bonds. The zero-order valence-corrected chi connectivity index (χ0v) is 18.3. The number of hydrogen-bond acceptors (Lipinski definition) is 3. The summed E-state index contributed by atoms with van der Waals surface area (Å²) in [4.78, 5) is 13.0. The largest absolute Gasteiger partial charge is 0.351 e. The predicted molar refractivity (Wildman–Crippen MR) is 109 cm³/mol. The van der Waals surface area contributed by atoms with Crippen LogP contribution in [-0.4, -0.2) is 37.3 Å². The molecular weight excluding hydrogens is 360 g/mol. The number of carbonyl (C=O) groups is 1. The molecule has 5 nitrogen and oxygen atoms in total. The number of nitrogens with one attached hydrogen (secondary N) is 1. The Hall–Kier alpha value is -1.40. The van der Waals surface area contributed by atoms with Gasteiger partial charge in [0.25, 0.3) is 0 Å². The molecule has 1 aliphatic heterocycles. The van der Waals surface area contributed by atoms with Crippen LogP contribution in [-0.2, 0) is 14.8 Å². The quantitative estimate of drug-likeness (QED) is 0.827. The third-order valence-electron chi connectivity index (χ3n) is 4.92. The van der Waals surface area contributed by atoms with E-state index in [0.29, 0.717) is 30.8 Å². The number of hydrogen-bond donors (Lipinski definition) is 1. The maximum Gasteiger partial charge on any atom is 0.243 e. The molecule has 1 aromatic rings. The first kappa shape index (κ1) is 21.9. The topological polar surface area (TPSA) is 66.5 Å². The van der Waals surface area contributed by atoms with Gasteiger partial charge in [0.2, 0.25) is 15.9 Å². The van der Waals surface area contributed by atoms with Crippen molar-refractivity contribution in [3.05, 3.63) is 29.8 Å². The number of nitrogens with zero attached hydrogens (tertiary/aromatic N) is 1. The van der Waals surface area contributed by atoms with Crippen LogP contribution in [0.15, 0.2) is 29.2 Å². The van der Waals surface area contributed by atoms with Gasteiger partial charge in [0.15, 0.2) is 0 Å². The molecule has 1 heterocycles. The minimum atomic E-state index is -3.49. The molecular formula is C21H34N2O3S. The second-order valence-electron chi connectivity index (χ2n) is 9.60. The average molecular weight is 395 g/mol. The highest BCUT2D eigenvalue weighted by Gasteiger charge is 2.34. The van der Waals surface area contributed by atoms with Crippen molar-refractivity contribution in [2.75, 3.05) is 13.1 Å². The minimum Gasteiger partial charge on any atom is -0.351 e. The Morgan fingerprint density at radius 2 is 1.59 bits per heavy atom. The Balaban J connectivity index is 1.96. The maximum atomic E-state index is 12.8. The van der Waals surface area contributed by atoms with E-state index >= 15 is 0 Å². The smallest absolute Gasteiger partial charge is 0.243 e. The minimum absolute atomic E-state index is 0.0385. The number of rotatable bonds is 5. The van der Waals surface area contributed by atoms with Gasteiger partial charge in [-0.05, 0) is 57.6 Å². The van der Waals surface area contributed by atoms with Crippen molar-refractivity contribution in [3.63, 3.8) is 0 Å². The van der Waals surface area contributed by atoms with E-state index in [1.54, 1.807) is 12.1 Å². The molecule has 0 aliphatic carbocycles. The van der Waals surface area contributed by atoms with Gasteiger partial charge >= 0.3 is 0 Å². The molecule has 152 valence electrons. The molecule has 1 N–H and O–H groups in total. The molecule has 0 radical (unpaired) electrons. The predicted octanol–water partition coefficient (Wildman–Crippen LogP) is 3.73. The molecule has 27 heavy (non-hydrogen) atoms. The van der Waals surface area contributed by atoms with Gasteiger partial charge in [0.05, 0.1) is 4.90 Å². The SMILES string of the molecule is Cc1ccc(S(=O)(=O)N2CCC(C(=O)NC(C)(C)CC(C)(C)C)CC2)cc1. The number of sulfonamides is 1. The molecule has 1 saturated heterocycles. The highest BCUT2D eigenvalue weighted by atomic mass is 32.2. The van der Waals surface area contributed by atoms with Gasteiger partial charge in [0.1, 0.15) is 0 Å². The Bertz CT molecular complexity index is 754. The molecule has 0 bridgehead atoms. The van der Waals surface area contributed by atoms with E-state index < -0.39 is 10.0 Å². The van der Waals surface area contributed by atoms with Gasteiger partial charge in [-0.2, -0.15) is 4.31 Å². The van der Waals surface area contributed by atoms with E-state index in [9.17, 15) is 13.2 Å². The zero-order valence-electron chi connectivity index (χ0n) is 17.5. The third-order valence-corrected chi connectivity index (χ3v) is 6.83. The van der Waals surface area contributed by atoms with Crippen LogP contribution >= 0.6 is 0 Å². The van der Waals surface area contributed by atoms with E-state index in [1.807, 2.05) is 32.9 Å². The van der Waals surface area contributed by atoms with Crippen molar-refractivity contribution in [2.45, 2.75) is 71.2 Å². The summed E-state index contributed by atoms with van der Waals surface area (Å²) in [6, 6.07) is 6.92. The van der Waals surface area contributed by atoms with E-state index in [0.717, 1.165) is 12.0 Å². The van der Waals surface area contributed by atoms with Gasteiger partial charge in [-0.15, -0.1) is 0 Å². The Labute approximate surface area is 164 Å². The molecule has 0 atom stereocenters. The van der Waals surface area contributed by atoms with Crippen LogP contribution in [0.5, 0.6) is 0 Å². The first-order valence-corrected chi connectivity index (χ1v) is 11.1. The summed E-state index contributed by atoms with van der Waals surface area (Å²) in [5.41, 5.74) is 0.880. The molecule has 1 fully saturated rings. The second-order valence-corrected chi connectivity index (χ2v) is 11.5. The fourth-order valence-corrected chi connectivity index (χ4v) is 5.49. The fraction of sp³-hybridized carbons (Fsp3) is 0.667. The number of piperidine rings is 1. The molecule has 0 aromatic heterocycles. The first-order chi connectivity index (χ1) is 12.3. The monoisotopic (exact) mass is 394 g/mol. The zero-order chi connectivity index (χ0) is 20.5. The van der Waals surface area contributed by atoms with Crippen LogP contribution < -0.4 is 5.32 Å². The lowest BCUT2D eigenvalue weighted by molar-refractivity contribution is -0.128. The van der Waals surface area contributed by atoms with E-state index in [1.165, 1.54) is 4.31 Å². The van der Waals surface area contributed by atoms with Crippen molar-refractivity contribution in [1.29, 1.82) is 0 Å². The first-order valence-electron chi connectivity index (χ1n) is 9.69. The Kier molecular flexibility index (Phi) is 6.42. The highest BCUT2D eigenvalue weighted by Crippen LogP contribution is 2.29. The summed E-state index contributed by atoms with van der Waals surface area (Å²) < 4.78 is 27.1. The average Bonchev–Trinajstić information content (AvgIpc) is 2.52. The maximum absolute atomic E-state index is 12.8. The van der Waals surface area contributed by atoms with Gasteiger partial charge in [-0.1, -0.05) is 38.5 Å². The summed E-state index contributed by atoms with van der Waals surface area (Å²) in [6.07, 6.45) is 2.00. The molecule has 1 aliphatic rings. The van der Waals surface area contributed by atoms with Gasteiger partial charge in [0, 0.05) is 24.5 Å². The van der Waals surface area contributed by atoms with Crippen molar-refractivity contribution < 1.29 is 13.2 Å². The summed E-state index contributed by atoms with van der Waals surface area (Å²) in [5.74, 6) is -0.0923. The second kappa shape index (κ2) is 7.92. The van der Waals surface area contributed by atoms with Crippen molar-refractivity contribution in [2.24, 2.45) is 11.3 Å². The Morgan fingerprint density at radius 1 is 1.07 bits per heavy atom. The molecule has 2 rings (SSSR count). The summed E-state index contributed by atoms with van der Waals surface area (Å²) in [5, 5.41) is 3.17.